The minimum atomic E-state index is -0.0665. The van der Waals surface area contributed by atoms with Gasteiger partial charge >= 0.3 is 0 Å². The fourth-order valence-electron chi connectivity index (χ4n) is 4.07. The molecule has 0 bridgehead atoms. The number of rotatable bonds is 7. The van der Waals surface area contributed by atoms with Crippen LogP contribution in [-0.4, -0.2) is 17.7 Å². The quantitative estimate of drug-likeness (QED) is 0.195. The molecule has 0 saturated carbocycles. The number of Topliss-reactive ketones (excluding diaryl/α,β-unsaturated/α-hetero) is 1. The standard InChI is InChI=1S/C27H21ClO3S2/c1-16(29)24-10-11-25(33-24)18-12-19-13-21(31-27(19)23(28)14-18)9-8-20(30)7-6-17-15-32-26-5-3-2-4-22(17)26/h2-7,10-12,14-15,21H,8-9,13H2,1H3/b7-6+. The number of fused-ring (bicyclic) bond motifs is 2. The predicted molar refractivity (Wildman–Crippen MR) is 138 cm³/mol. The van der Waals surface area contributed by atoms with Crippen molar-refractivity contribution in [3.63, 3.8) is 0 Å². The lowest BCUT2D eigenvalue weighted by Gasteiger charge is -2.10. The van der Waals surface area contributed by atoms with Gasteiger partial charge in [0.2, 0.25) is 0 Å². The Morgan fingerprint density at radius 2 is 2.03 bits per heavy atom. The molecule has 0 N–H and O–H groups in total. The summed E-state index contributed by atoms with van der Waals surface area (Å²) in [6.45, 7) is 1.57. The normalized spacial score (nSPS) is 15.2. The molecular formula is C27H21ClO3S2. The molecule has 0 aliphatic carbocycles. The number of hydrogen-bond acceptors (Lipinski definition) is 5. The molecule has 0 radical (unpaired) electrons. The smallest absolute Gasteiger partial charge is 0.169 e. The van der Waals surface area contributed by atoms with E-state index in [1.54, 1.807) is 24.3 Å². The van der Waals surface area contributed by atoms with Crippen LogP contribution in [0.1, 0.15) is 40.6 Å². The second kappa shape index (κ2) is 9.26. The summed E-state index contributed by atoms with van der Waals surface area (Å²) in [5.74, 6) is 0.862. The van der Waals surface area contributed by atoms with Crippen LogP contribution in [0, 0.1) is 0 Å². The molecule has 166 valence electrons. The zero-order valence-corrected chi connectivity index (χ0v) is 20.4. The molecule has 1 aliphatic heterocycles. The van der Waals surface area contributed by atoms with Gasteiger partial charge < -0.3 is 4.74 Å². The summed E-state index contributed by atoms with van der Waals surface area (Å²) in [5, 5.41) is 3.82. The molecule has 0 amide bonds. The number of thiophene rings is 2. The highest BCUT2D eigenvalue weighted by atomic mass is 35.5. The fraction of sp³-hybridized carbons (Fsp3) is 0.185. The first-order valence-electron chi connectivity index (χ1n) is 10.8. The van der Waals surface area contributed by atoms with Gasteiger partial charge in [-0.05, 0) is 77.7 Å². The van der Waals surface area contributed by atoms with Gasteiger partial charge in [0, 0.05) is 28.0 Å². The Morgan fingerprint density at radius 3 is 2.85 bits per heavy atom. The zero-order valence-electron chi connectivity index (χ0n) is 18.0. The first-order valence-corrected chi connectivity index (χ1v) is 12.8. The number of benzene rings is 2. The van der Waals surface area contributed by atoms with Crippen molar-refractivity contribution in [3.8, 4) is 16.2 Å². The number of ether oxygens (including phenoxy) is 1. The van der Waals surface area contributed by atoms with Crippen molar-refractivity contribution < 1.29 is 14.3 Å². The van der Waals surface area contributed by atoms with E-state index in [0.29, 0.717) is 23.6 Å². The molecule has 0 spiro atoms. The van der Waals surface area contributed by atoms with E-state index in [0.717, 1.165) is 32.9 Å². The first-order chi connectivity index (χ1) is 16.0. The number of carbonyl (C=O) groups excluding carboxylic acids is 2. The van der Waals surface area contributed by atoms with Crippen LogP contribution in [0.4, 0.5) is 0 Å². The van der Waals surface area contributed by atoms with E-state index in [2.05, 4.69) is 23.6 Å². The van der Waals surface area contributed by atoms with Gasteiger partial charge in [0.15, 0.2) is 11.6 Å². The number of ketones is 2. The lowest BCUT2D eigenvalue weighted by molar-refractivity contribution is -0.114. The Hall–Kier alpha value is -2.73. The maximum atomic E-state index is 12.5. The van der Waals surface area contributed by atoms with Crippen molar-refractivity contribution >= 4 is 62.0 Å². The third kappa shape index (κ3) is 4.67. The molecule has 3 heterocycles. The Labute approximate surface area is 205 Å². The Balaban J connectivity index is 1.22. The van der Waals surface area contributed by atoms with E-state index in [1.165, 1.54) is 21.4 Å². The van der Waals surface area contributed by atoms with Crippen LogP contribution >= 0.6 is 34.3 Å². The van der Waals surface area contributed by atoms with E-state index >= 15 is 0 Å². The third-order valence-corrected chi connectivity index (χ3v) is 8.26. The monoisotopic (exact) mass is 492 g/mol. The number of allylic oxidation sites excluding steroid dienone is 1. The summed E-state index contributed by atoms with van der Waals surface area (Å²) in [6, 6.07) is 16.0. The fourth-order valence-corrected chi connectivity index (χ4v) is 6.17. The summed E-state index contributed by atoms with van der Waals surface area (Å²) >= 11 is 9.66. The highest BCUT2D eigenvalue weighted by Crippen LogP contribution is 2.41. The predicted octanol–water partition coefficient (Wildman–Crippen LogP) is 7.85. The van der Waals surface area contributed by atoms with Crippen molar-refractivity contribution in [1.29, 1.82) is 0 Å². The Bertz CT molecular complexity index is 1400. The number of hydrogen-bond donors (Lipinski definition) is 0. The van der Waals surface area contributed by atoms with E-state index in [1.807, 2.05) is 36.4 Å². The van der Waals surface area contributed by atoms with E-state index in [-0.39, 0.29) is 17.7 Å². The lowest BCUT2D eigenvalue weighted by atomic mass is 10.0. The molecule has 1 atom stereocenters. The third-order valence-electron chi connectivity index (χ3n) is 5.76. The highest BCUT2D eigenvalue weighted by molar-refractivity contribution is 7.17. The van der Waals surface area contributed by atoms with E-state index < -0.39 is 0 Å². The molecule has 2 aromatic carbocycles. The van der Waals surface area contributed by atoms with Crippen LogP contribution < -0.4 is 4.74 Å². The molecule has 0 saturated heterocycles. The molecule has 1 unspecified atom stereocenters. The van der Waals surface area contributed by atoms with E-state index in [4.69, 9.17) is 16.3 Å². The molecule has 3 nitrogen and oxygen atoms in total. The van der Waals surface area contributed by atoms with Crippen molar-refractivity contribution in [3.05, 3.63) is 81.0 Å². The molecule has 5 rings (SSSR count). The van der Waals surface area contributed by atoms with Gasteiger partial charge in [-0.1, -0.05) is 29.8 Å². The van der Waals surface area contributed by atoms with E-state index in [9.17, 15) is 9.59 Å². The average Bonchev–Trinajstić information content (AvgIpc) is 3.54. The van der Waals surface area contributed by atoms with Gasteiger partial charge in [0.05, 0.1) is 9.90 Å². The molecule has 1 aliphatic rings. The van der Waals surface area contributed by atoms with Gasteiger partial charge in [0.1, 0.15) is 11.9 Å². The number of carbonyl (C=O) groups is 2. The van der Waals surface area contributed by atoms with Gasteiger partial charge in [-0.2, -0.15) is 0 Å². The van der Waals surface area contributed by atoms with Gasteiger partial charge in [-0.3, -0.25) is 9.59 Å². The molecule has 4 aromatic rings. The molecular weight excluding hydrogens is 472 g/mol. The molecule has 6 heteroatoms. The second-order valence-electron chi connectivity index (χ2n) is 8.14. The van der Waals surface area contributed by atoms with Crippen LogP contribution in [0.15, 0.2) is 60.0 Å². The second-order valence-corrected chi connectivity index (χ2v) is 10.5. The topological polar surface area (TPSA) is 43.4 Å². The summed E-state index contributed by atoms with van der Waals surface area (Å²) in [4.78, 5) is 25.8. The van der Waals surface area contributed by atoms with Crippen LogP contribution in [-0.2, 0) is 11.2 Å². The Kier molecular flexibility index (Phi) is 6.19. The lowest BCUT2D eigenvalue weighted by Crippen LogP contribution is -2.14. The maximum absolute atomic E-state index is 12.5. The van der Waals surface area contributed by atoms with Crippen LogP contribution in [0.2, 0.25) is 5.02 Å². The Morgan fingerprint density at radius 1 is 1.18 bits per heavy atom. The van der Waals surface area contributed by atoms with Crippen molar-refractivity contribution in [2.24, 2.45) is 0 Å². The minimum absolute atomic E-state index is 0.0628. The van der Waals surface area contributed by atoms with Crippen LogP contribution in [0.3, 0.4) is 0 Å². The van der Waals surface area contributed by atoms with Gasteiger partial charge in [-0.15, -0.1) is 22.7 Å². The van der Waals surface area contributed by atoms with Crippen LogP contribution in [0.5, 0.6) is 5.75 Å². The van der Waals surface area contributed by atoms with Crippen molar-refractivity contribution in [2.75, 3.05) is 0 Å². The summed E-state index contributed by atoms with van der Waals surface area (Å²) in [6.07, 6.45) is 5.30. The van der Waals surface area contributed by atoms with Crippen LogP contribution in [0.25, 0.3) is 26.6 Å². The average molecular weight is 493 g/mol. The van der Waals surface area contributed by atoms with Crippen molar-refractivity contribution in [1.82, 2.24) is 0 Å². The molecule has 2 aromatic heterocycles. The van der Waals surface area contributed by atoms with Gasteiger partial charge in [-0.25, -0.2) is 0 Å². The van der Waals surface area contributed by atoms with Crippen molar-refractivity contribution in [2.45, 2.75) is 32.3 Å². The first kappa shape index (κ1) is 22.1. The summed E-state index contributed by atoms with van der Waals surface area (Å²) in [7, 11) is 0. The summed E-state index contributed by atoms with van der Waals surface area (Å²) < 4.78 is 7.29. The zero-order chi connectivity index (χ0) is 22.9. The maximum Gasteiger partial charge on any atom is 0.169 e. The highest BCUT2D eigenvalue weighted by Gasteiger charge is 2.26. The largest absolute Gasteiger partial charge is 0.488 e. The molecule has 0 fully saturated rings. The number of halogens is 1. The minimum Gasteiger partial charge on any atom is -0.488 e. The van der Waals surface area contributed by atoms with Gasteiger partial charge in [0.25, 0.3) is 0 Å². The summed E-state index contributed by atoms with van der Waals surface area (Å²) in [5.41, 5.74) is 3.12. The molecule has 33 heavy (non-hydrogen) atoms. The SMILES string of the molecule is CC(=O)c1ccc(-c2cc(Cl)c3c(c2)CC(CCC(=O)/C=C/c2csc4ccccc24)O3)s1.